The Morgan fingerprint density at radius 2 is 1.81 bits per heavy atom. The van der Waals surface area contributed by atoms with Gasteiger partial charge in [0.05, 0.1) is 6.10 Å². The van der Waals surface area contributed by atoms with Gasteiger partial charge in [0, 0.05) is 50.0 Å². The lowest BCUT2D eigenvalue weighted by atomic mass is 10.1. The Balaban J connectivity index is 1.28. The molecule has 0 bridgehead atoms. The summed E-state index contributed by atoms with van der Waals surface area (Å²) in [7, 11) is 0. The number of piperazine rings is 1. The van der Waals surface area contributed by atoms with Crippen LogP contribution in [0.3, 0.4) is 0 Å². The maximum atomic E-state index is 11.4. The van der Waals surface area contributed by atoms with E-state index in [9.17, 15) is 9.90 Å². The molecule has 1 fully saturated rings. The first-order chi connectivity index (χ1) is 15.1. The van der Waals surface area contributed by atoms with E-state index in [1.54, 1.807) is 0 Å². The number of pyridine rings is 1. The molecule has 1 saturated heterocycles. The molecule has 2 heterocycles. The highest BCUT2D eigenvalue weighted by Gasteiger charge is 2.18. The molecule has 2 N–H and O–H groups in total. The highest BCUT2D eigenvalue weighted by atomic mass is 16.3. The molecule has 1 unspecified atom stereocenters. The van der Waals surface area contributed by atoms with E-state index in [2.05, 4.69) is 46.0 Å². The van der Waals surface area contributed by atoms with Crippen molar-refractivity contribution >= 4 is 22.7 Å². The van der Waals surface area contributed by atoms with Gasteiger partial charge in [0.25, 0.3) is 0 Å². The molecule has 0 spiro atoms. The van der Waals surface area contributed by atoms with E-state index < -0.39 is 6.10 Å². The third kappa shape index (κ3) is 5.63. The van der Waals surface area contributed by atoms with Gasteiger partial charge in [-0.05, 0) is 53.3 Å². The number of nitrogens with zero attached hydrogens (tertiary/aromatic N) is 2. The van der Waals surface area contributed by atoms with Crippen molar-refractivity contribution in [2.45, 2.75) is 25.9 Å². The van der Waals surface area contributed by atoms with Gasteiger partial charge in [-0.2, -0.15) is 0 Å². The van der Waals surface area contributed by atoms with Crippen molar-refractivity contribution in [1.29, 1.82) is 0 Å². The number of aliphatic hydroxyl groups is 1. The summed E-state index contributed by atoms with van der Waals surface area (Å²) in [5.74, 6) is 0. The fourth-order valence-corrected chi connectivity index (χ4v) is 4.17. The molecular formula is C26H31N3O2. The van der Waals surface area contributed by atoms with Gasteiger partial charge in [-0.25, -0.2) is 0 Å². The van der Waals surface area contributed by atoms with Crippen molar-refractivity contribution in [2.24, 2.45) is 0 Å². The van der Waals surface area contributed by atoms with Crippen molar-refractivity contribution in [3.05, 3.63) is 82.2 Å². The second kappa shape index (κ2) is 9.94. The summed E-state index contributed by atoms with van der Waals surface area (Å²) in [5.41, 5.74) is 4.43. The predicted octanol–water partition coefficient (Wildman–Crippen LogP) is 3.68. The second-order valence-electron chi connectivity index (χ2n) is 8.30. The number of rotatable bonds is 7. The minimum absolute atomic E-state index is 0.0974. The molecule has 0 saturated carbocycles. The minimum Gasteiger partial charge on any atom is -0.388 e. The number of aryl methyl sites for hydroxylation is 1. The van der Waals surface area contributed by atoms with E-state index in [1.807, 2.05) is 36.4 Å². The number of aromatic nitrogens is 1. The van der Waals surface area contributed by atoms with Crippen LogP contribution in [-0.4, -0.2) is 53.8 Å². The standard InChI is InChI=1S/C26H31N3O2/c1-2-3-20-4-9-23(10-5-20)29-16-14-28(15-17-29)19-24(30)11-6-21-7-12-25-22(18-21)8-13-26(31)27-25/h4-13,18,24,30H,2-3,14-17,19H2,1H3,(H,27,31)/b11-6+. The highest BCUT2D eigenvalue weighted by molar-refractivity contribution is 5.81. The monoisotopic (exact) mass is 417 g/mol. The summed E-state index contributed by atoms with van der Waals surface area (Å²) < 4.78 is 0. The van der Waals surface area contributed by atoms with Crippen molar-refractivity contribution in [2.75, 3.05) is 37.6 Å². The lowest BCUT2D eigenvalue weighted by molar-refractivity contribution is 0.142. The Labute approximate surface area is 183 Å². The summed E-state index contributed by atoms with van der Waals surface area (Å²) in [6.07, 6.45) is 5.61. The molecule has 1 aliphatic heterocycles. The average molecular weight is 418 g/mol. The largest absolute Gasteiger partial charge is 0.388 e. The Hall–Kier alpha value is -2.89. The van der Waals surface area contributed by atoms with E-state index >= 15 is 0 Å². The first-order valence-electron chi connectivity index (χ1n) is 11.2. The summed E-state index contributed by atoms with van der Waals surface area (Å²) in [6, 6.07) is 18.2. The molecular weight excluding hydrogens is 386 g/mol. The van der Waals surface area contributed by atoms with Gasteiger partial charge in [0.15, 0.2) is 0 Å². The number of hydrogen-bond acceptors (Lipinski definition) is 4. The summed E-state index contributed by atoms with van der Waals surface area (Å²) in [4.78, 5) is 19.0. The zero-order valence-electron chi connectivity index (χ0n) is 18.1. The predicted molar refractivity (Wildman–Crippen MR) is 129 cm³/mol. The molecule has 1 aliphatic rings. The molecule has 5 nitrogen and oxygen atoms in total. The zero-order chi connectivity index (χ0) is 21.6. The SMILES string of the molecule is CCCc1ccc(N2CCN(CC(O)/C=C/c3ccc4[nH]c(=O)ccc4c3)CC2)cc1. The number of fused-ring (bicyclic) bond motifs is 1. The molecule has 162 valence electrons. The smallest absolute Gasteiger partial charge is 0.248 e. The van der Waals surface area contributed by atoms with Crippen molar-refractivity contribution in [1.82, 2.24) is 9.88 Å². The van der Waals surface area contributed by atoms with Crippen LogP contribution in [-0.2, 0) is 6.42 Å². The molecule has 1 atom stereocenters. The van der Waals surface area contributed by atoms with Gasteiger partial charge in [0.1, 0.15) is 0 Å². The summed E-state index contributed by atoms with van der Waals surface area (Å²) >= 11 is 0. The number of anilines is 1. The normalized spacial score (nSPS) is 16.3. The molecule has 2 aromatic carbocycles. The Kier molecular flexibility index (Phi) is 6.85. The number of aromatic amines is 1. The number of H-pyrrole nitrogens is 1. The van der Waals surface area contributed by atoms with Crippen LogP contribution in [0.1, 0.15) is 24.5 Å². The first-order valence-corrected chi connectivity index (χ1v) is 11.2. The summed E-state index contributed by atoms with van der Waals surface area (Å²) in [5, 5.41) is 11.5. The Morgan fingerprint density at radius 3 is 2.55 bits per heavy atom. The maximum absolute atomic E-state index is 11.4. The van der Waals surface area contributed by atoms with Crippen LogP contribution in [0.25, 0.3) is 17.0 Å². The molecule has 0 aliphatic carbocycles. The van der Waals surface area contributed by atoms with Gasteiger partial charge >= 0.3 is 0 Å². The van der Waals surface area contributed by atoms with Crippen LogP contribution in [0, 0.1) is 0 Å². The van der Waals surface area contributed by atoms with Crippen LogP contribution in [0.15, 0.2) is 65.5 Å². The Morgan fingerprint density at radius 1 is 1.03 bits per heavy atom. The number of benzene rings is 2. The van der Waals surface area contributed by atoms with Gasteiger partial charge < -0.3 is 15.0 Å². The third-order valence-corrected chi connectivity index (χ3v) is 5.92. The molecule has 5 heteroatoms. The minimum atomic E-state index is -0.508. The van der Waals surface area contributed by atoms with E-state index in [0.29, 0.717) is 6.54 Å². The van der Waals surface area contributed by atoms with E-state index in [1.165, 1.54) is 23.7 Å². The third-order valence-electron chi connectivity index (χ3n) is 5.92. The van der Waals surface area contributed by atoms with E-state index in [0.717, 1.165) is 49.1 Å². The average Bonchev–Trinajstić information content (AvgIpc) is 2.79. The molecule has 0 amide bonds. The van der Waals surface area contributed by atoms with Crippen LogP contribution < -0.4 is 10.5 Å². The first kappa shape index (κ1) is 21.3. The van der Waals surface area contributed by atoms with Gasteiger partial charge in [0.2, 0.25) is 5.56 Å². The van der Waals surface area contributed by atoms with Crippen molar-refractivity contribution < 1.29 is 5.11 Å². The second-order valence-corrected chi connectivity index (χ2v) is 8.30. The van der Waals surface area contributed by atoms with Gasteiger partial charge in [-0.1, -0.05) is 43.7 Å². The van der Waals surface area contributed by atoms with Crippen LogP contribution in [0.2, 0.25) is 0 Å². The molecule has 0 radical (unpaired) electrons. The number of nitrogens with one attached hydrogen (secondary N) is 1. The molecule has 4 rings (SSSR count). The number of β-amino-alcohol motifs (C(OH)–C–C–N with tert-alkyl or cyclic N) is 1. The molecule has 3 aromatic rings. The van der Waals surface area contributed by atoms with Crippen LogP contribution in [0.4, 0.5) is 5.69 Å². The topological polar surface area (TPSA) is 59.6 Å². The van der Waals surface area contributed by atoms with E-state index in [4.69, 9.17) is 0 Å². The number of hydrogen-bond donors (Lipinski definition) is 2. The van der Waals surface area contributed by atoms with E-state index in [-0.39, 0.29) is 5.56 Å². The Bertz CT molecular complexity index is 1080. The van der Waals surface area contributed by atoms with Crippen molar-refractivity contribution in [3.8, 4) is 0 Å². The summed E-state index contributed by atoms with van der Waals surface area (Å²) in [6.45, 7) is 6.71. The van der Waals surface area contributed by atoms with Gasteiger partial charge in [-0.15, -0.1) is 0 Å². The van der Waals surface area contributed by atoms with Crippen LogP contribution >= 0.6 is 0 Å². The van der Waals surface area contributed by atoms with Gasteiger partial charge in [-0.3, -0.25) is 9.69 Å². The van der Waals surface area contributed by atoms with Crippen LogP contribution in [0.5, 0.6) is 0 Å². The van der Waals surface area contributed by atoms with Crippen molar-refractivity contribution in [3.63, 3.8) is 0 Å². The lowest BCUT2D eigenvalue weighted by Gasteiger charge is -2.36. The lowest BCUT2D eigenvalue weighted by Crippen LogP contribution is -2.48. The zero-order valence-corrected chi connectivity index (χ0v) is 18.1. The number of aliphatic hydroxyl groups excluding tert-OH is 1. The molecule has 31 heavy (non-hydrogen) atoms. The fourth-order valence-electron chi connectivity index (χ4n) is 4.17. The fraction of sp³-hybridized carbons (Fsp3) is 0.346. The molecule has 1 aromatic heterocycles. The quantitative estimate of drug-likeness (QED) is 0.616. The maximum Gasteiger partial charge on any atom is 0.248 e. The highest BCUT2D eigenvalue weighted by Crippen LogP contribution is 2.18.